The maximum Gasteiger partial charge on any atom is 0.216 e. The summed E-state index contributed by atoms with van der Waals surface area (Å²) < 4.78 is 0. The van der Waals surface area contributed by atoms with E-state index < -0.39 is 0 Å². The zero-order chi connectivity index (χ0) is 18.2. The van der Waals surface area contributed by atoms with Gasteiger partial charge in [-0.3, -0.25) is 9.59 Å². The summed E-state index contributed by atoms with van der Waals surface area (Å²) in [4.78, 5) is 24.5. The summed E-state index contributed by atoms with van der Waals surface area (Å²) in [6, 6.07) is 13.7. The molecule has 126 valence electrons. The Labute approximate surface area is 156 Å². The molecule has 0 unspecified atom stereocenters. The SMILES string of the molecule is C=CC(=O)Sc1ccc(C=Cc2ccc(SC(=O)C=C)cc2C)cc1. The van der Waals surface area contributed by atoms with Crippen molar-refractivity contribution < 1.29 is 9.59 Å². The van der Waals surface area contributed by atoms with Gasteiger partial charge in [0.25, 0.3) is 0 Å². The van der Waals surface area contributed by atoms with Crippen LogP contribution in [-0.2, 0) is 9.59 Å². The quantitative estimate of drug-likeness (QED) is 0.369. The largest absolute Gasteiger partial charge is 0.282 e. The molecule has 0 aliphatic heterocycles. The lowest BCUT2D eigenvalue weighted by Gasteiger charge is -2.04. The van der Waals surface area contributed by atoms with Crippen molar-refractivity contribution in [2.24, 2.45) is 0 Å². The molecule has 0 spiro atoms. The summed E-state index contributed by atoms with van der Waals surface area (Å²) in [5.74, 6) is 0. The molecule has 0 radical (unpaired) electrons. The van der Waals surface area contributed by atoms with Crippen LogP contribution in [0.2, 0.25) is 0 Å². The van der Waals surface area contributed by atoms with Crippen LogP contribution in [0.5, 0.6) is 0 Å². The van der Waals surface area contributed by atoms with Crippen molar-refractivity contribution in [1.82, 2.24) is 0 Å². The van der Waals surface area contributed by atoms with E-state index in [-0.39, 0.29) is 10.2 Å². The van der Waals surface area contributed by atoms with Gasteiger partial charge in [0.2, 0.25) is 10.2 Å². The Morgan fingerprint density at radius 3 is 1.96 bits per heavy atom. The highest BCUT2D eigenvalue weighted by Crippen LogP contribution is 2.24. The Morgan fingerprint density at radius 2 is 1.40 bits per heavy atom. The number of thioether (sulfide) groups is 2. The smallest absolute Gasteiger partial charge is 0.216 e. The minimum atomic E-state index is -0.0631. The third kappa shape index (κ3) is 5.93. The molecule has 0 fully saturated rings. The molecule has 0 aliphatic carbocycles. The normalized spacial score (nSPS) is 10.6. The van der Waals surface area contributed by atoms with E-state index in [0.29, 0.717) is 0 Å². The van der Waals surface area contributed by atoms with Gasteiger partial charge in [-0.25, -0.2) is 0 Å². The van der Waals surface area contributed by atoms with Crippen molar-refractivity contribution in [3.63, 3.8) is 0 Å². The van der Waals surface area contributed by atoms with Gasteiger partial charge in [-0.2, -0.15) is 0 Å². The molecule has 4 heteroatoms. The zero-order valence-electron chi connectivity index (χ0n) is 13.9. The second-order valence-electron chi connectivity index (χ2n) is 5.17. The van der Waals surface area contributed by atoms with Gasteiger partial charge in [-0.15, -0.1) is 0 Å². The molecular weight excluding hydrogens is 348 g/mol. The van der Waals surface area contributed by atoms with Crippen molar-refractivity contribution in [2.75, 3.05) is 0 Å². The van der Waals surface area contributed by atoms with E-state index in [4.69, 9.17) is 0 Å². The second-order valence-corrected chi connectivity index (χ2v) is 7.33. The second kappa shape index (κ2) is 9.25. The van der Waals surface area contributed by atoms with Crippen LogP contribution in [0.3, 0.4) is 0 Å². The Kier molecular flexibility index (Phi) is 7.04. The van der Waals surface area contributed by atoms with Crippen LogP contribution in [-0.4, -0.2) is 10.2 Å². The molecule has 0 bridgehead atoms. The minimum absolute atomic E-state index is 0.0596. The number of hydrogen-bond donors (Lipinski definition) is 0. The molecule has 0 saturated heterocycles. The van der Waals surface area contributed by atoms with Gasteiger partial charge in [-0.05, 0) is 83.6 Å². The molecule has 0 aliphatic rings. The molecule has 2 nitrogen and oxygen atoms in total. The molecule has 0 aromatic heterocycles. The summed E-state index contributed by atoms with van der Waals surface area (Å²) in [7, 11) is 0. The molecule has 0 amide bonds. The number of rotatable bonds is 6. The first kappa shape index (κ1) is 19.0. The van der Waals surface area contributed by atoms with Gasteiger partial charge in [0.05, 0.1) is 0 Å². The Balaban J connectivity index is 2.08. The number of benzene rings is 2. The lowest BCUT2D eigenvalue weighted by atomic mass is 10.1. The summed E-state index contributed by atoms with van der Waals surface area (Å²) in [6.45, 7) is 8.96. The fraction of sp³-hybridized carbons (Fsp3) is 0.0476. The summed E-state index contributed by atoms with van der Waals surface area (Å²) in [6.07, 6.45) is 6.69. The van der Waals surface area contributed by atoms with Crippen LogP contribution in [0.15, 0.2) is 77.6 Å². The number of carbonyl (C=O) groups excluding carboxylic acids is 2. The van der Waals surface area contributed by atoms with E-state index >= 15 is 0 Å². The first-order valence-corrected chi connectivity index (χ1v) is 9.22. The zero-order valence-corrected chi connectivity index (χ0v) is 15.5. The topological polar surface area (TPSA) is 34.1 Å². The third-order valence-electron chi connectivity index (χ3n) is 3.35. The molecule has 0 saturated carbocycles. The van der Waals surface area contributed by atoms with Crippen molar-refractivity contribution in [2.45, 2.75) is 16.7 Å². The van der Waals surface area contributed by atoms with Crippen LogP contribution in [0, 0.1) is 6.92 Å². The van der Waals surface area contributed by atoms with E-state index in [1.165, 1.54) is 23.9 Å². The molecule has 25 heavy (non-hydrogen) atoms. The molecule has 0 atom stereocenters. The standard InChI is InChI=1S/C21H18O2S2/c1-4-20(22)24-18-11-7-16(8-12-18)6-9-17-10-13-19(14-15(17)3)25-21(23)5-2/h4-14H,1-2H2,3H3. The number of carbonyl (C=O) groups is 2. The highest BCUT2D eigenvalue weighted by atomic mass is 32.2. The minimum Gasteiger partial charge on any atom is -0.282 e. The van der Waals surface area contributed by atoms with Crippen LogP contribution >= 0.6 is 23.5 Å². The lowest BCUT2D eigenvalue weighted by molar-refractivity contribution is -0.107. The van der Waals surface area contributed by atoms with Gasteiger partial charge in [-0.1, -0.05) is 43.5 Å². The predicted molar refractivity (Wildman–Crippen MR) is 109 cm³/mol. The Morgan fingerprint density at radius 1 is 0.840 bits per heavy atom. The average Bonchev–Trinajstić information content (AvgIpc) is 2.62. The molecular formula is C21H18O2S2. The van der Waals surface area contributed by atoms with Gasteiger partial charge < -0.3 is 0 Å². The first-order chi connectivity index (χ1) is 12.0. The maximum absolute atomic E-state index is 11.4. The van der Waals surface area contributed by atoms with Crippen molar-refractivity contribution >= 4 is 45.9 Å². The van der Waals surface area contributed by atoms with Gasteiger partial charge in [0, 0.05) is 9.79 Å². The van der Waals surface area contributed by atoms with Gasteiger partial charge in [0.1, 0.15) is 0 Å². The average molecular weight is 367 g/mol. The van der Waals surface area contributed by atoms with Crippen molar-refractivity contribution in [3.8, 4) is 0 Å². The van der Waals surface area contributed by atoms with Crippen LogP contribution in [0.1, 0.15) is 16.7 Å². The van der Waals surface area contributed by atoms with Crippen molar-refractivity contribution in [3.05, 3.63) is 84.5 Å². The van der Waals surface area contributed by atoms with E-state index in [1.807, 2.05) is 61.5 Å². The lowest BCUT2D eigenvalue weighted by Crippen LogP contribution is -1.86. The van der Waals surface area contributed by atoms with Crippen LogP contribution in [0.25, 0.3) is 12.2 Å². The molecule has 2 rings (SSSR count). The first-order valence-electron chi connectivity index (χ1n) is 7.59. The van der Waals surface area contributed by atoms with E-state index in [2.05, 4.69) is 13.2 Å². The van der Waals surface area contributed by atoms with E-state index in [9.17, 15) is 9.59 Å². The molecule has 0 N–H and O–H groups in total. The Bertz CT molecular complexity index is 833. The summed E-state index contributed by atoms with van der Waals surface area (Å²) >= 11 is 2.33. The van der Waals surface area contributed by atoms with Gasteiger partial charge >= 0.3 is 0 Å². The van der Waals surface area contributed by atoms with Crippen LogP contribution in [0.4, 0.5) is 0 Å². The predicted octanol–water partition coefficient (Wildman–Crippen LogP) is 5.77. The highest BCUT2D eigenvalue weighted by Gasteiger charge is 2.03. The van der Waals surface area contributed by atoms with Gasteiger partial charge in [0.15, 0.2) is 0 Å². The highest BCUT2D eigenvalue weighted by molar-refractivity contribution is 8.14. The maximum atomic E-state index is 11.4. The molecule has 0 heterocycles. The van der Waals surface area contributed by atoms with Crippen molar-refractivity contribution in [1.29, 1.82) is 0 Å². The van der Waals surface area contributed by atoms with E-state index in [1.54, 1.807) is 0 Å². The fourth-order valence-electron chi connectivity index (χ4n) is 2.05. The fourth-order valence-corrected chi connectivity index (χ4v) is 3.32. The molecule has 2 aromatic rings. The molecule has 2 aromatic carbocycles. The number of hydrogen-bond acceptors (Lipinski definition) is 4. The Hall–Kier alpha value is -2.30. The van der Waals surface area contributed by atoms with Crippen LogP contribution < -0.4 is 0 Å². The summed E-state index contributed by atoms with van der Waals surface area (Å²) in [5.41, 5.74) is 3.24. The monoisotopic (exact) mass is 366 g/mol. The number of aryl methyl sites for hydroxylation is 1. The van der Waals surface area contributed by atoms with E-state index in [0.717, 1.165) is 38.2 Å². The third-order valence-corrected chi connectivity index (χ3v) is 5.08. The summed E-state index contributed by atoms with van der Waals surface area (Å²) in [5, 5.41) is -0.123.